The second kappa shape index (κ2) is 2.38. The van der Waals surface area contributed by atoms with Gasteiger partial charge in [0.1, 0.15) is 0 Å². The van der Waals surface area contributed by atoms with Gasteiger partial charge in [-0.25, -0.2) is 0 Å². The monoisotopic (exact) mass is 170 g/mol. The summed E-state index contributed by atoms with van der Waals surface area (Å²) >= 11 is 8.92. The quantitative estimate of drug-likeness (QED) is 0.490. The Morgan fingerprint density at radius 2 is 1.29 bits per heavy atom. The molecule has 0 atom stereocenters. The van der Waals surface area contributed by atoms with E-state index < -0.39 is 12.5 Å². The molecule has 0 saturated heterocycles. The van der Waals surface area contributed by atoms with E-state index in [4.69, 9.17) is 0 Å². The molecule has 0 spiro atoms. The molecule has 0 saturated carbocycles. The van der Waals surface area contributed by atoms with E-state index in [1.54, 1.807) is 0 Å². The highest BCUT2D eigenvalue weighted by Gasteiger charge is 2.37. The average molecular weight is 171 g/mol. The minimum absolute atomic E-state index is 2.80. The van der Waals surface area contributed by atoms with Crippen LogP contribution in [0.1, 0.15) is 0 Å². The molecule has 0 bridgehead atoms. The van der Waals surface area contributed by atoms with Crippen LogP contribution in [0.25, 0.3) is 0 Å². The third kappa shape index (κ3) is 3.39. The molecule has 0 amide bonds. The zero-order chi connectivity index (χ0) is 6.08. The summed E-state index contributed by atoms with van der Waals surface area (Å²) in [5.74, 6) is -4.40. The molecule has 0 N–H and O–H groups in total. The van der Waals surface area contributed by atoms with E-state index >= 15 is 0 Å². The zero-order valence-corrected chi connectivity index (χ0v) is 5.24. The van der Waals surface area contributed by atoms with Crippen LogP contribution in [0.5, 0.6) is 0 Å². The van der Waals surface area contributed by atoms with Crippen LogP contribution in [0, 0.1) is 0 Å². The van der Waals surface area contributed by atoms with Crippen LogP contribution in [-0.4, -0.2) is 5.92 Å². The summed E-state index contributed by atoms with van der Waals surface area (Å²) in [6.45, 7) is -2.80. The molecule has 0 unspecified atom stereocenters. The van der Waals surface area contributed by atoms with Crippen molar-refractivity contribution >= 4 is 29.1 Å². The molecule has 7 heavy (non-hydrogen) atoms. The first-order valence-corrected chi connectivity index (χ1v) is 4.28. The summed E-state index contributed by atoms with van der Waals surface area (Å²) in [7, 11) is 0. The highest BCUT2D eigenvalue weighted by Crippen LogP contribution is 2.61. The number of hydrogen-bond acceptors (Lipinski definition) is 0. The number of alkyl halides is 3. The molecule has 0 aliphatic rings. The standard InChI is InChI=1S/CCl2F3P/c2-7(3)1(4,5)6. The Hall–Kier alpha value is 0.800. The molecule has 0 aliphatic heterocycles. The largest absolute Gasteiger partial charge is 0.434 e. The van der Waals surface area contributed by atoms with Gasteiger partial charge < -0.3 is 0 Å². The molecule has 0 aliphatic carbocycles. The van der Waals surface area contributed by atoms with Crippen molar-refractivity contribution in [3.8, 4) is 0 Å². The van der Waals surface area contributed by atoms with Gasteiger partial charge in [0.25, 0.3) is 0 Å². The van der Waals surface area contributed by atoms with E-state index in [1.165, 1.54) is 0 Å². The van der Waals surface area contributed by atoms with Gasteiger partial charge in [-0.15, -0.1) is 0 Å². The first kappa shape index (κ1) is 7.80. The Kier molecular flexibility index (Phi) is 2.65. The molecular weight excluding hydrogens is 171 g/mol. The van der Waals surface area contributed by atoms with Gasteiger partial charge in [-0.2, -0.15) is 13.2 Å². The smallest absolute Gasteiger partial charge is 0.164 e. The third-order valence-electron chi connectivity index (χ3n) is 0.192. The lowest BCUT2D eigenvalue weighted by Crippen LogP contribution is -1.95. The van der Waals surface area contributed by atoms with Crippen molar-refractivity contribution in [1.29, 1.82) is 0 Å². The second-order valence-electron chi connectivity index (χ2n) is 0.701. The first-order chi connectivity index (χ1) is 2.94. The fourth-order valence-electron chi connectivity index (χ4n) is 0. The van der Waals surface area contributed by atoms with Gasteiger partial charge in [0, 0.05) is 0 Å². The average Bonchev–Trinajstić information content (AvgIpc) is 1.31. The van der Waals surface area contributed by atoms with Gasteiger partial charge in [-0.05, 0) is 0 Å². The maximum atomic E-state index is 10.9. The van der Waals surface area contributed by atoms with Crippen molar-refractivity contribution in [3.63, 3.8) is 0 Å². The Labute approximate surface area is 48.9 Å². The number of rotatable bonds is 0. The van der Waals surface area contributed by atoms with Crippen molar-refractivity contribution in [1.82, 2.24) is 0 Å². The van der Waals surface area contributed by atoms with Crippen LogP contribution in [0.3, 0.4) is 0 Å². The van der Waals surface area contributed by atoms with Gasteiger partial charge in [0.05, 0.1) is 0 Å². The van der Waals surface area contributed by atoms with Gasteiger partial charge in [0.2, 0.25) is 0 Å². The van der Waals surface area contributed by atoms with E-state index in [0.717, 1.165) is 0 Å². The van der Waals surface area contributed by atoms with Crippen molar-refractivity contribution < 1.29 is 13.2 Å². The molecule has 0 heterocycles. The molecule has 6 heteroatoms. The fourth-order valence-corrected chi connectivity index (χ4v) is 0. The van der Waals surface area contributed by atoms with E-state index in [0.29, 0.717) is 0 Å². The predicted molar refractivity (Wildman–Crippen MR) is 24.7 cm³/mol. The van der Waals surface area contributed by atoms with E-state index in [-0.39, 0.29) is 0 Å². The SMILES string of the molecule is FC(F)(F)P(Cl)Cl. The summed E-state index contributed by atoms with van der Waals surface area (Å²) in [5, 5.41) is 0. The predicted octanol–water partition coefficient (Wildman–Crippen LogP) is 3.30. The zero-order valence-electron chi connectivity index (χ0n) is 2.84. The summed E-state index contributed by atoms with van der Waals surface area (Å²) < 4.78 is 32.8. The lowest BCUT2D eigenvalue weighted by atomic mass is 11.6. The number of halogens is 5. The van der Waals surface area contributed by atoms with Crippen molar-refractivity contribution in [3.05, 3.63) is 0 Å². The van der Waals surface area contributed by atoms with Crippen LogP contribution in [0.4, 0.5) is 13.2 Å². The Morgan fingerprint density at radius 3 is 1.29 bits per heavy atom. The highest BCUT2D eigenvalue weighted by atomic mass is 35.9. The molecule has 0 radical (unpaired) electrons. The first-order valence-electron chi connectivity index (χ1n) is 1.13. The molecule has 44 valence electrons. The molecular formula is CCl2F3P. The van der Waals surface area contributed by atoms with Crippen LogP contribution in [0.15, 0.2) is 0 Å². The van der Waals surface area contributed by atoms with Gasteiger partial charge in [-0.3, -0.25) is 0 Å². The maximum Gasteiger partial charge on any atom is 0.434 e. The summed E-state index contributed by atoms with van der Waals surface area (Å²) in [4.78, 5) is 0. The minimum atomic E-state index is -4.40. The van der Waals surface area contributed by atoms with Crippen molar-refractivity contribution in [2.75, 3.05) is 0 Å². The van der Waals surface area contributed by atoms with Gasteiger partial charge in [0.15, 0.2) is 6.63 Å². The van der Waals surface area contributed by atoms with Gasteiger partial charge in [-0.1, -0.05) is 22.5 Å². The van der Waals surface area contributed by atoms with Crippen molar-refractivity contribution in [2.24, 2.45) is 0 Å². The lowest BCUT2D eigenvalue weighted by molar-refractivity contribution is -0.0364. The second-order valence-corrected chi connectivity index (χ2v) is 4.22. The Morgan fingerprint density at radius 1 is 1.14 bits per heavy atom. The molecule has 0 rings (SSSR count). The van der Waals surface area contributed by atoms with Crippen molar-refractivity contribution in [2.45, 2.75) is 5.92 Å². The highest BCUT2D eigenvalue weighted by molar-refractivity contribution is 8.04. The molecule has 0 nitrogen and oxygen atoms in total. The molecule has 0 fully saturated rings. The Balaban J connectivity index is 3.54. The molecule has 0 aromatic heterocycles. The lowest BCUT2D eigenvalue weighted by Gasteiger charge is -2.02. The van der Waals surface area contributed by atoms with E-state index in [9.17, 15) is 13.2 Å². The minimum Gasteiger partial charge on any atom is -0.164 e. The molecule has 0 aromatic rings. The van der Waals surface area contributed by atoms with Gasteiger partial charge >= 0.3 is 5.92 Å². The summed E-state index contributed by atoms with van der Waals surface area (Å²) in [6.07, 6.45) is 0. The van der Waals surface area contributed by atoms with Crippen LogP contribution < -0.4 is 0 Å². The topological polar surface area (TPSA) is 0 Å². The third-order valence-corrected chi connectivity index (χ3v) is 1.72. The fraction of sp³-hybridized carbons (Fsp3) is 1.00. The maximum absolute atomic E-state index is 10.9. The normalized spacial score (nSPS) is 12.9. The van der Waals surface area contributed by atoms with E-state index in [2.05, 4.69) is 22.5 Å². The van der Waals surface area contributed by atoms with E-state index in [1.807, 2.05) is 0 Å². The number of hydrogen-bond donors (Lipinski definition) is 0. The molecule has 0 aromatic carbocycles. The Bertz CT molecular complexity index is 58.4. The van der Waals surface area contributed by atoms with Crippen LogP contribution >= 0.6 is 29.1 Å². The summed E-state index contributed by atoms with van der Waals surface area (Å²) in [5.41, 5.74) is 0. The van der Waals surface area contributed by atoms with Crippen LogP contribution in [0.2, 0.25) is 0 Å². The summed E-state index contributed by atoms with van der Waals surface area (Å²) in [6, 6.07) is 0. The van der Waals surface area contributed by atoms with Crippen LogP contribution in [-0.2, 0) is 0 Å².